The Bertz CT molecular complexity index is 390. The van der Waals surface area contributed by atoms with Gasteiger partial charge in [0, 0.05) is 24.8 Å². The molecule has 0 bridgehead atoms. The van der Waals surface area contributed by atoms with Gasteiger partial charge in [0.05, 0.1) is 0 Å². The van der Waals surface area contributed by atoms with Gasteiger partial charge in [-0.05, 0) is 62.8 Å². The predicted octanol–water partition coefficient (Wildman–Crippen LogP) is 2.79. The Labute approximate surface area is 105 Å². The average molecular weight is 232 g/mol. The van der Waals surface area contributed by atoms with Crippen molar-refractivity contribution >= 4 is 5.69 Å². The average Bonchev–Trinajstić information content (AvgIpc) is 2.78. The first-order chi connectivity index (χ1) is 8.09. The van der Waals surface area contributed by atoms with Crippen molar-refractivity contribution in [3.8, 4) is 0 Å². The highest BCUT2D eigenvalue weighted by Gasteiger charge is 2.16. The molecule has 0 radical (unpaired) electrons. The number of anilines is 1. The molecule has 1 aliphatic rings. The van der Waals surface area contributed by atoms with E-state index in [1.807, 2.05) is 0 Å². The van der Waals surface area contributed by atoms with Gasteiger partial charge in [0.2, 0.25) is 0 Å². The largest absolute Gasteiger partial charge is 0.371 e. The second-order valence-corrected chi connectivity index (χ2v) is 5.37. The first kappa shape index (κ1) is 12.4. The zero-order valence-corrected chi connectivity index (χ0v) is 11.3. The van der Waals surface area contributed by atoms with E-state index in [-0.39, 0.29) is 6.04 Å². The van der Waals surface area contributed by atoms with Crippen molar-refractivity contribution in [1.82, 2.24) is 0 Å². The molecule has 1 aliphatic heterocycles. The van der Waals surface area contributed by atoms with Crippen LogP contribution in [0.15, 0.2) is 12.1 Å². The van der Waals surface area contributed by atoms with Gasteiger partial charge >= 0.3 is 0 Å². The lowest BCUT2D eigenvalue weighted by Crippen LogP contribution is -2.21. The molecule has 2 heteroatoms. The highest BCUT2D eigenvalue weighted by atomic mass is 15.1. The molecule has 94 valence electrons. The number of hydrogen-bond donors (Lipinski definition) is 1. The standard InChI is InChI=1S/C15H24N2/c1-11(16)10-14-6-7-15(13(3)12(14)2)17-8-4-5-9-17/h6-7,11H,4-5,8-10,16H2,1-3H3. The molecule has 0 saturated carbocycles. The topological polar surface area (TPSA) is 29.3 Å². The summed E-state index contributed by atoms with van der Waals surface area (Å²) >= 11 is 0. The van der Waals surface area contributed by atoms with Crippen LogP contribution < -0.4 is 10.6 Å². The van der Waals surface area contributed by atoms with Gasteiger partial charge in [-0.2, -0.15) is 0 Å². The molecule has 0 spiro atoms. The van der Waals surface area contributed by atoms with Crippen molar-refractivity contribution in [2.24, 2.45) is 5.73 Å². The first-order valence-electron chi connectivity index (χ1n) is 6.69. The lowest BCUT2D eigenvalue weighted by atomic mass is 9.96. The SMILES string of the molecule is Cc1c(CC(C)N)ccc(N2CCCC2)c1C. The van der Waals surface area contributed by atoms with Crippen LogP contribution in [0.3, 0.4) is 0 Å². The van der Waals surface area contributed by atoms with Gasteiger partial charge in [0.15, 0.2) is 0 Å². The molecule has 1 atom stereocenters. The van der Waals surface area contributed by atoms with Gasteiger partial charge < -0.3 is 10.6 Å². The monoisotopic (exact) mass is 232 g/mol. The molecule has 1 fully saturated rings. The molecule has 1 aromatic carbocycles. The molecule has 0 aromatic heterocycles. The molecule has 2 N–H and O–H groups in total. The van der Waals surface area contributed by atoms with E-state index in [2.05, 4.69) is 37.8 Å². The summed E-state index contributed by atoms with van der Waals surface area (Å²) in [5.41, 5.74) is 11.6. The highest BCUT2D eigenvalue weighted by Crippen LogP contribution is 2.28. The van der Waals surface area contributed by atoms with Crippen molar-refractivity contribution in [1.29, 1.82) is 0 Å². The Hall–Kier alpha value is -1.02. The normalized spacial score (nSPS) is 17.5. The number of benzene rings is 1. The summed E-state index contributed by atoms with van der Waals surface area (Å²) in [5.74, 6) is 0. The predicted molar refractivity (Wildman–Crippen MR) is 74.7 cm³/mol. The number of rotatable bonds is 3. The molecule has 1 unspecified atom stereocenters. The number of hydrogen-bond acceptors (Lipinski definition) is 2. The van der Waals surface area contributed by atoms with E-state index >= 15 is 0 Å². The summed E-state index contributed by atoms with van der Waals surface area (Å²) in [6, 6.07) is 4.79. The maximum atomic E-state index is 5.89. The molecular weight excluding hydrogens is 208 g/mol. The smallest absolute Gasteiger partial charge is 0.0398 e. The number of nitrogens with two attached hydrogens (primary N) is 1. The van der Waals surface area contributed by atoms with E-state index in [0.717, 1.165) is 6.42 Å². The van der Waals surface area contributed by atoms with Crippen molar-refractivity contribution < 1.29 is 0 Å². The minimum atomic E-state index is 0.241. The highest BCUT2D eigenvalue weighted by molar-refractivity contribution is 5.58. The van der Waals surface area contributed by atoms with Crippen LogP contribution in [0.2, 0.25) is 0 Å². The van der Waals surface area contributed by atoms with E-state index in [9.17, 15) is 0 Å². The van der Waals surface area contributed by atoms with Gasteiger partial charge in [-0.1, -0.05) is 6.07 Å². The van der Waals surface area contributed by atoms with Crippen molar-refractivity contribution in [2.45, 2.75) is 46.1 Å². The maximum Gasteiger partial charge on any atom is 0.0398 e. The number of nitrogens with zero attached hydrogens (tertiary/aromatic N) is 1. The van der Waals surface area contributed by atoms with Crippen LogP contribution in [0.25, 0.3) is 0 Å². The van der Waals surface area contributed by atoms with Crippen molar-refractivity contribution in [2.75, 3.05) is 18.0 Å². The van der Waals surface area contributed by atoms with Crippen LogP contribution in [-0.2, 0) is 6.42 Å². The van der Waals surface area contributed by atoms with E-state index in [4.69, 9.17) is 5.73 Å². The summed E-state index contributed by atoms with van der Waals surface area (Å²) < 4.78 is 0. The molecule has 0 aliphatic carbocycles. The third-order valence-corrected chi connectivity index (χ3v) is 3.86. The fourth-order valence-electron chi connectivity index (χ4n) is 2.73. The fourth-order valence-corrected chi connectivity index (χ4v) is 2.73. The van der Waals surface area contributed by atoms with Crippen LogP contribution in [0.5, 0.6) is 0 Å². The van der Waals surface area contributed by atoms with E-state index in [0.29, 0.717) is 0 Å². The Morgan fingerprint density at radius 1 is 1.18 bits per heavy atom. The molecule has 0 amide bonds. The molecule has 1 heterocycles. The van der Waals surface area contributed by atoms with Gasteiger partial charge in [0.25, 0.3) is 0 Å². The van der Waals surface area contributed by atoms with Crippen LogP contribution in [-0.4, -0.2) is 19.1 Å². The third kappa shape index (κ3) is 2.63. The second-order valence-electron chi connectivity index (χ2n) is 5.37. The van der Waals surface area contributed by atoms with E-state index in [1.54, 1.807) is 0 Å². The lowest BCUT2D eigenvalue weighted by Gasteiger charge is -2.23. The minimum absolute atomic E-state index is 0.241. The summed E-state index contributed by atoms with van der Waals surface area (Å²) in [7, 11) is 0. The summed E-state index contributed by atoms with van der Waals surface area (Å²) in [6.07, 6.45) is 3.65. The second kappa shape index (κ2) is 5.09. The third-order valence-electron chi connectivity index (χ3n) is 3.86. The summed E-state index contributed by atoms with van der Waals surface area (Å²) in [5, 5.41) is 0. The summed E-state index contributed by atoms with van der Waals surface area (Å²) in [4.78, 5) is 2.51. The fraction of sp³-hybridized carbons (Fsp3) is 0.600. The van der Waals surface area contributed by atoms with Gasteiger partial charge in [-0.15, -0.1) is 0 Å². The van der Waals surface area contributed by atoms with Crippen LogP contribution in [0.1, 0.15) is 36.5 Å². The zero-order valence-electron chi connectivity index (χ0n) is 11.3. The quantitative estimate of drug-likeness (QED) is 0.868. The first-order valence-corrected chi connectivity index (χ1v) is 6.69. The molecular formula is C15H24N2. The van der Waals surface area contributed by atoms with Crippen LogP contribution >= 0.6 is 0 Å². The zero-order chi connectivity index (χ0) is 12.4. The maximum absolute atomic E-state index is 5.89. The minimum Gasteiger partial charge on any atom is -0.371 e. The van der Waals surface area contributed by atoms with Crippen molar-refractivity contribution in [3.63, 3.8) is 0 Å². The Morgan fingerprint density at radius 2 is 1.82 bits per heavy atom. The van der Waals surface area contributed by atoms with Gasteiger partial charge in [-0.3, -0.25) is 0 Å². The van der Waals surface area contributed by atoms with Crippen molar-refractivity contribution in [3.05, 3.63) is 28.8 Å². The lowest BCUT2D eigenvalue weighted by molar-refractivity contribution is 0.734. The Morgan fingerprint density at radius 3 is 2.41 bits per heavy atom. The van der Waals surface area contributed by atoms with Crippen LogP contribution in [0, 0.1) is 13.8 Å². The molecule has 1 aromatic rings. The van der Waals surface area contributed by atoms with Gasteiger partial charge in [0.1, 0.15) is 0 Å². The van der Waals surface area contributed by atoms with E-state index in [1.165, 1.54) is 48.3 Å². The molecule has 1 saturated heterocycles. The van der Waals surface area contributed by atoms with E-state index < -0.39 is 0 Å². The Balaban J connectivity index is 2.28. The van der Waals surface area contributed by atoms with Crippen LogP contribution in [0.4, 0.5) is 5.69 Å². The summed E-state index contributed by atoms with van der Waals surface area (Å²) in [6.45, 7) is 8.98. The molecule has 17 heavy (non-hydrogen) atoms. The Kier molecular flexibility index (Phi) is 3.72. The molecule has 2 rings (SSSR count). The van der Waals surface area contributed by atoms with Gasteiger partial charge in [-0.25, -0.2) is 0 Å². The molecule has 2 nitrogen and oxygen atoms in total.